The lowest BCUT2D eigenvalue weighted by molar-refractivity contribution is 0.222. The van der Waals surface area contributed by atoms with Gasteiger partial charge in [0.15, 0.2) is 5.96 Å². The fourth-order valence-corrected chi connectivity index (χ4v) is 3.85. The first-order chi connectivity index (χ1) is 15.1. The van der Waals surface area contributed by atoms with Crippen LogP contribution >= 0.6 is 24.0 Å². The molecule has 3 N–H and O–H groups in total. The number of carbonyl (C=O) groups excluding carboxylic acids is 1. The Bertz CT molecular complexity index is 1090. The van der Waals surface area contributed by atoms with Crippen molar-refractivity contribution in [2.75, 3.05) is 25.5 Å². The molecule has 0 spiro atoms. The Labute approximate surface area is 205 Å². The molecular formula is C24H30IN5O2. The van der Waals surface area contributed by atoms with Crippen LogP contribution in [0.1, 0.15) is 29.7 Å². The maximum atomic E-state index is 12.3. The molecule has 1 fully saturated rings. The summed E-state index contributed by atoms with van der Waals surface area (Å²) < 4.78 is 5.96. The second-order valence-electron chi connectivity index (χ2n) is 7.75. The Hall–Kier alpha value is -2.75. The normalized spacial score (nSPS) is 13.7. The van der Waals surface area contributed by atoms with Crippen molar-refractivity contribution < 1.29 is 9.21 Å². The van der Waals surface area contributed by atoms with E-state index in [0.717, 1.165) is 59.5 Å². The lowest BCUT2D eigenvalue weighted by atomic mass is 10.1. The SMILES string of the molecule is CN=C(NCc1cccc(NC(=O)N2CCCC2)c1)NCc1oc2ccccc2c1C.I. The molecule has 2 amide bonds. The van der Waals surface area contributed by atoms with E-state index in [4.69, 9.17) is 4.42 Å². The minimum Gasteiger partial charge on any atom is -0.459 e. The summed E-state index contributed by atoms with van der Waals surface area (Å²) in [4.78, 5) is 18.5. The molecule has 0 unspecified atom stereocenters. The monoisotopic (exact) mass is 547 g/mol. The highest BCUT2D eigenvalue weighted by Gasteiger charge is 2.17. The Kier molecular flexibility index (Phi) is 8.38. The van der Waals surface area contributed by atoms with Crippen LogP contribution in [0, 0.1) is 6.92 Å². The van der Waals surface area contributed by atoms with E-state index in [1.165, 1.54) is 0 Å². The topological polar surface area (TPSA) is 81.9 Å². The number of furan rings is 1. The second-order valence-corrected chi connectivity index (χ2v) is 7.75. The third-order valence-electron chi connectivity index (χ3n) is 5.61. The van der Waals surface area contributed by atoms with E-state index in [9.17, 15) is 4.79 Å². The van der Waals surface area contributed by atoms with E-state index < -0.39 is 0 Å². The number of aliphatic imine (C=N–C) groups is 1. The molecule has 32 heavy (non-hydrogen) atoms. The summed E-state index contributed by atoms with van der Waals surface area (Å²) in [7, 11) is 1.74. The van der Waals surface area contributed by atoms with Crippen LogP contribution in [-0.2, 0) is 13.1 Å². The number of nitrogens with one attached hydrogen (secondary N) is 3. The number of hydrogen-bond acceptors (Lipinski definition) is 3. The van der Waals surface area contributed by atoms with Crippen LogP contribution in [0.4, 0.5) is 10.5 Å². The van der Waals surface area contributed by atoms with Crippen LogP contribution in [-0.4, -0.2) is 37.0 Å². The summed E-state index contributed by atoms with van der Waals surface area (Å²) in [5.74, 6) is 1.59. The van der Waals surface area contributed by atoms with Gasteiger partial charge in [-0.05, 0) is 43.5 Å². The van der Waals surface area contributed by atoms with Crippen LogP contribution in [0.3, 0.4) is 0 Å². The molecule has 8 heteroatoms. The number of carbonyl (C=O) groups is 1. The minimum absolute atomic E-state index is 0. The largest absolute Gasteiger partial charge is 0.459 e. The maximum Gasteiger partial charge on any atom is 0.321 e. The summed E-state index contributed by atoms with van der Waals surface area (Å²) in [5, 5.41) is 10.8. The van der Waals surface area contributed by atoms with Crippen LogP contribution in [0.15, 0.2) is 57.9 Å². The summed E-state index contributed by atoms with van der Waals surface area (Å²) in [6.07, 6.45) is 2.16. The number of urea groups is 1. The number of hydrogen-bond donors (Lipinski definition) is 3. The molecular weight excluding hydrogens is 517 g/mol. The van der Waals surface area contributed by atoms with Crippen LogP contribution in [0.5, 0.6) is 0 Å². The van der Waals surface area contributed by atoms with Gasteiger partial charge in [0.1, 0.15) is 11.3 Å². The van der Waals surface area contributed by atoms with Gasteiger partial charge >= 0.3 is 6.03 Å². The van der Waals surface area contributed by atoms with Gasteiger partial charge in [-0.3, -0.25) is 4.99 Å². The molecule has 1 aliphatic rings. The van der Waals surface area contributed by atoms with Gasteiger partial charge in [-0.15, -0.1) is 24.0 Å². The number of amides is 2. The molecule has 0 radical (unpaired) electrons. The number of aryl methyl sites for hydroxylation is 1. The zero-order valence-corrected chi connectivity index (χ0v) is 20.8. The van der Waals surface area contributed by atoms with Crippen molar-refractivity contribution in [2.24, 2.45) is 4.99 Å². The zero-order chi connectivity index (χ0) is 21.6. The van der Waals surface area contributed by atoms with E-state index >= 15 is 0 Å². The number of benzene rings is 2. The predicted molar refractivity (Wildman–Crippen MR) is 140 cm³/mol. The summed E-state index contributed by atoms with van der Waals surface area (Å²) >= 11 is 0. The average molecular weight is 547 g/mol. The summed E-state index contributed by atoms with van der Waals surface area (Å²) in [6.45, 7) is 4.87. The van der Waals surface area contributed by atoms with E-state index in [1.807, 2.05) is 47.4 Å². The molecule has 0 atom stereocenters. The fourth-order valence-electron chi connectivity index (χ4n) is 3.85. The van der Waals surface area contributed by atoms with Crippen LogP contribution in [0.2, 0.25) is 0 Å². The molecule has 3 aromatic rings. The molecule has 1 aliphatic heterocycles. The molecule has 1 saturated heterocycles. The van der Waals surface area contributed by atoms with Crippen molar-refractivity contribution in [3.8, 4) is 0 Å². The summed E-state index contributed by atoms with van der Waals surface area (Å²) in [5.41, 5.74) is 3.90. The molecule has 0 aliphatic carbocycles. The molecule has 2 heterocycles. The minimum atomic E-state index is -0.0266. The van der Waals surface area contributed by atoms with Crippen molar-refractivity contribution in [2.45, 2.75) is 32.9 Å². The number of likely N-dealkylation sites (tertiary alicyclic amines) is 1. The van der Waals surface area contributed by atoms with Gasteiger partial charge in [-0.1, -0.05) is 30.3 Å². The summed E-state index contributed by atoms with van der Waals surface area (Å²) in [6, 6.07) is 15.9. The van der Waals surface area contributed by atoms with E-state index in [2.05, 4.69) is 33.9 Å². The lowest BCUT2D eigenvalue weighted by Gasteiger charge is -2.17. The van der Waals surface area contributed by atoms with Gasteiger partial charge in [-0.2, -0.15) is 0 Å². The van der Waals surface area contributed by atoms with Gasteiger partial charge in [0.2, 0.25) is 0 Å². The number of para-hydroxylation sites is 1. The number of anilines is 1. The standard InChI is InChI=1S/C24H29N5O2.HI/c1-17-20-10-3-4-11-21(20)31-22(17)16-27-23(25-2)26-15-18-8-7-9-19(14-18)28-24(30)29-12-5-6-13-29;/h3-4,7-11,14H,5-6,12-13,15-16H2,1-2H3,(H,28,30)(H2,25,26,27);1H. The van der Waals surface area contributed by atoms with Crippen molar-refractivity contribution in [3.05, 3.63) is 65.4 Å². The lowest BCUT2D eigenvalue weighted by Crippen LogP contribution is -2.36. The molecule has 0 saturated carbocycles. The van der Waals surface area contributed by atoms with Crippen molar-refractivity contribution in [3.63, 3.8) is 0 Å². The van der Waals surface area contributed by atoms with Crippen molar-refractivity contribution in [1.82, 2.24) is 15.5 Å². The third kappa shape index (κ3) is 5.73. The molecule has 1 aromatic heterocycles. The smallest absolute Gasteiger partial charge is 0.321 e. The van der Waals surface area contributed by atoms with Crippen molar-refractivity contribution in [1.29, 1.82) is 0 Å². The number of guanidine groups is 1. The Balaban J connectivity index is 0.00000289. The van der Waals surface area contributed by atoms with Gasteiger partial charge in [-0.25, -0.2) is 4.79 Å². The molecule has 7 nitrogen and oxygen atoms in total. The number of nitrogens with zero attached hydrogens (tertiary/aromatic N) is 2. The average Bonchev–Trinajstić information content (AvgIpc) is 3.43. The first-order valence-corrected chi connectivity index (χ1v) is 10.7. The van der Waals surface area contributed by atoms with E-state index in [-0.39, 0.29) is 30.0 Å². The van der Waals surface area contributed by atoms with Gasteiger partial charge in [0.25, 0.3) is 0 Å². The van der Waals surface area contributed by atoms with E-state index in [0.29, 0.717) is 19.0 Å². The Morgan fingerprint density at radius 2 is 1.81 bits per heavy atom. The predicted octanol–water partition coefficient (Wildman–Crippen LogP) is 4.85. The number of rotatable bonds is 5. The van der Waals surface area contributed by atoms with Gasteiger partial charge in [0, 0.05) is 43.3 Å². The Morgan fingerprint density at radius 3 is 2.56 bits per heavy atom. The second kappa shape index (κ2) is 11.2. The highest BCUT2D eigenvalue weighted by Crippen LogP contribution is 2.24. The fraction of sp³-hybridized carbons (Fsp3) is 0.333. The molecule has 0 bridgehead atoms. The van der Waals surface area contributed by atoms with Gasteiger partial charge in [0.05, 0.1) is 6.54 Å². The maximum absolute atomic E-state index is 12.3. The van der Waals surface area contributed by atoms with Crippen molar-refractivity contribution >= 4 is 52.6 Å². The molecule has 4 rings (SSSR count). The Morgan fingerprint density at radius 1 is 1.06 bits per heavy atom. The first-order valence-electron chi connectivity index (χ1n) is 10.7. The highest BCUT2D eigenvalue weighted by molar-refractivity contribution is 14.0. The number of halogens is 1. The third-order valence-corrected chi connectivity index (χ3v) is 5.61. The number of fused-ring (bicyclic) bond motifs is 1. The van der Waals surface area contributed by atoms with Gasteiger partial charge < -0.3 is 25.3 Å². The van der Waals surface area contributed by atoms with E-state index in [1.54, 1.807) is 7.05 Å². The molecule has 2 aromatic carbocycles. The first kappa shape index (κ1) is 23.9. The molecule has 170 valence electrons. The quantitative estimate of drug-likeness (QED) is 0.242. The highest BCUT2D eigenvalue weighted by atomic mass is 127. The zero-order valence-electron chi connectivity index (χ0n) is 18.5. The van der Waals surface area contributed by atoms with Crippen LogP contribution < -0.4 is 16.0 Å². The van der Waals surface area contributed by atoms with Crippen LogP contribution in [0.25, 0.3) is 11.0 Å².